The van der Waals surface area contributed by atoms with Crippen LogP contribution in [0.1, 0.15) is 10.6 Å². The van der Waals surface area contributed by atoms with Gasteiger partial charge in [0.2, 0.25) is 5.69 Å². The highest BCUT2D eigenvalue weighted by molar-refractivity contribution is 7.09. The zero-order valence-corrected chi connectivity index (χ0v) is 16.0. The van der Waals surface area contributed by atoms with Crippen LogP contribution in [0.15, 0.2) is 60.2 Å². The average Bonchev–Trinajstić information content (AvgIpc) is 3.22. The number of hydrogen-bond donors (Lipinski definition) is 1. The van der Waals surface area contributed by atoms with Gasteiger partial charge in [-0.15, -0.1) is 11.3 Å². The predicted octanol–water partition coefficient (Wildman–Crippen LogP) is 5.09. The summed E-state index contributed by atoms with van der Waals surface area (Å²) >= 11 is 1.48. The van der Waals surface area contributed by atoms with Gasteiger partial charge < -0.3 is 9.84 Å². The Morgan fingerprint density at radius 2 is 1.93 bits per heavy atom. The van der Waals surface area contributed by atoms with Gasteiger partial charge in [0.1, 0.15) is 23.0 Å². The van der Waals surface area contributed by atoms with E-state index in [4.69, 9.17) is 11.3 Å². The zero-order chi connectivity index (χ0) is 20.2. The Bertz CT molecular complexity index is 1210. The number of carbonyl (C=O) groups is 1. The van der Waals surface area contributed by atoms with Crippen molar-refractivity contribution >= 4 is 33.7 Å². The monoisotopic (exact) mass is 401 g/mol. The smallest absolute Gasteiger partial charge is 0.228 e. The summed E-state index contributed by atoms with van der Waals surface area (Å²) in [7, 11) is 0. The molecule has 0 fully saturated rings. The molecule has 0 atom stereocenters. The maximum absolute atomic E-state index is 12.2. The van der Waals surface area contributed by atoms with E-state index in [0.717, 1.165) is 10.6 Å². The lowest BCUT2D eigenvalue weighted by Gasteiger charge is -2.10. The standard InChI is InChI=1S/C22H15N3O3S/c1-23-19-12-17-18(13-20(19)27)24-7-6-21(17)28-16-4-2-14(3-5-16)10-15(26)11-22-25-8-9-29-22/h2-9,12-13,27H,10-11H2. The maximum Gasteiger partial charge on any atom is 0.228 e. The zero-order valence-electron chi connectivity index (χ0n) is 15.2. The largest absolute Gasteiger partial charge is 0.519 e. The summed E-state index contributed by atoms with van der Waals surface area (Å²) in [5.74, 6) is 1.14. The Labute approximate surface area is 170 Å². The first-order chi connectivity index (χ1) is 14.1. The second-order valence-electron chi connectivity index (χ2n) is 6.34. The van der Waals surface area contributed by atoms with Crippen molar-refractivity contribution < 1.29 is 14.6 Å². The van der Waals surface area contributed by atoms with Crippen molar-refractivity contribution in [2.75, 3.05) is 0 Å². The fourth-order valence-corrected chi connectivity index (χ4v) is 3.57. The molecule has 0 unspecified atom stereocenters. The summed E-state index contributed by atoms with van der Waals surface area (Å²) in [6, 6.07) is 12.0. The Morgan fingerprint density at radius 3 is 2.66 bits per heavy atom. The molecule has 0 aliphatic carbocycles. The molecule has 2 aromatic carbocycles. The van der Waals surface area contributed by atoms with E-state index in [9.17, 15) is 9.90 Å². The molecule has 7 heteroatoms. The Balaban J connectivity index is 1.50. The van der Waals surface area contributed by atoms with Gasteiger partial charge in [-0.2, -0.15) is 0 Å². The molecule has 0 amide bonds. The maximum atomic E-state index is 12.2. The highest BCUT2D eigenvalue weighted by atomic mass is 32.1. The molecule has 2 aromatic heterocycles. The van der Waals surface area contributed by atoms with E-state index >= 15 is 0 Å². The van der Waals surface area contributed by atoms with Gasteiger partial charge >= 0.3 is 0 Å². The van der Waals surface area contributed by atoms with Crippen LogP contribution in [0, 0.1) is 6.57 Å². The van der Waals surface area contributed by atoms with Crippen LogP contribution in [0.2, 0.25) is 0 Å². The second-order valence-corrected chi connectivity index (χ2v) is 7.32. The summed E-state index contributed by atoms with van der Waals surface area (Å²) < 4.78 is 5.96. The highest BCUT2D eigenvalue weighted by Crippen LogP contribution is 2.36. The Hall–Kier alpha value is -3.76. The van der Waals surface area contributed by atoms with Crippen LogP contribution >= 0.6 is 11.3 Å². The van der Waals surface area contributed by atoms with Crippen LogP contribution < -0.4 is 4.74 Å². The molecule has 0 spiro atoms. The number of benzene rings is 2. The van der Waals surface area contributed by atoms with Gasteiger partial charge in [-0.3, -0.25) is 9.78 Å². The molecule has 0 aliphatic rings. The summed E-state index contributed by atoms with van der Waals surface area (Å²) in [5, 5.41) is 13.2. The minimum atomic E-state index is -0.107. The molecule has 1 N–H and O–H groups in total. The van der Waals surface area contributed by atoms with Crippen LogP contribution in [0.25, 0.3) is 15.7 Å². The molecule has 2 heterocycles. The summed E-state index contributed by atoms with van der Waals surface area (Å²) in [6.07, 6.45) is 3.96. The molecule has 0 radical (unpaired) electrons. The van der Waals surface area contributed by atoms with Gasteiger partial charge in [0.15, 0.2) is 0 Å². The first kappa shape index (κ1) is 18.6. The predicted molar refractivity (Wildman–Crippen MR) is 111 cm³/mol. The third-order valence-corrected chi connectivity index (χ3v) is 5.08. The van der Waals surface area contributed by atoms with Crippen molar-refractivity contribution in [3.63, 3.8) is 0 Å². The van der Waals surface area contributed by atoms with Gasteiger partial charge in [-0.05, 0) is 35.9 Å². The molecule has 0 saturated heterocycles. The number of phenols is 1. The van der Waals surface area contributed by atoms with Crippen molar-refractivity contribution in [2.24, 2.45) is 0 Å². The molecular weight excluding hydrogens is 386 g/mol. The van der Waals surface area contributed by atoms with Crippen molar-refractivity contribution in [3.8, 4) is 17.2 Å². The number of rotatable bonds is 6. The fourth-order valence-electron chi connectivity index (χ4n) is 2.92. The molecule has 142 valence electrons. The van der Waals surface area contributed by atoms with E-state index in [1.54, 1.807) is 36.7 Å². The minimum Gasteiger partial charge on any atom is -0.519 e. The van der Waals surface area contributed by atoms with E-state index in [0.29, 0.717) is 35.2 Å². The second kappa shape index (κ2) is 8.09. The number of ether oxygens (including phenoxy) is 1. The molecule has 4 aromatic rings. The average molecular weight is 401 g/mol. The number of phenolic OH excluding ortho intramolecular Hbond substituents is 1. The molecule has 4 rings (SSSR count). The molecule has 29 heavy (non-hydrogen) atoms. The number of Topliss-reactive ketones (excluding diaryl/α,β-unsaturated/α-hetero) is 1. The van der Waals surface area contributed by atoms with Crippen LogP contribution in [0.4, 0.5) is 5.69 Å². The highest BCUT2D eigenvalue weighted by Gasteiger charge is 2.11. The molecule has 0 saturated carbocycles. The van der Waals surface area contributed by atoms with Crippen molar-refractivity contribution in [3.05, 3.63) is 82.2 Å². The number of pyridine rings is 1. The van der Waals surface area contributed by atoms with Crippen molar-refractivity contribution in [1.29, 1.82) is 0 Å². The minimum absolute atomic E-state index is 0.107. The summed E-state index contributed by atoms with van der Waals surface area (Å²) in [6.45, 7) is 7.17. The Kier molecular flexibility index (Phi) is 5.18. The normalized spacial score (nSPS) is 10.6. The van der Waals surface area contributed by atoms with E-state index < -0.39 is 0 Å². The van der Waals surface area contributed by atoms with Gasteiger partial charge in [0.25, 0.3) is 0 Å². The van der Waals surface area contributed by atoms with E-state index in [1.165, 1.54) is 17.4 Å². The molecular formula is C22H15N3O3S. The molecule has 0 bridgehead atoms. The van der Waals surface area contributed by atoms with Gasteiger partial charge in [0.05, 0.1) is 23.5 Å². The fraction of sp³-hybridized carbons (Fsp3) is 0.0909. The first-order valence-electron chi connectivity index (χ1n) is 8.78. The first-order valence-corrected chi connectivity index (χ1v) is 9.66. The van der Waals surface area contributed by atoms with Crippen molar-refractivity contribution in [1.82, 2.24) is 9.97 Å². The number of carbonyl (C=O) groups excluding carboxylic acids is 1. The summed E-state index contributed by atoms with van der Waals surface area (Å²) in [4.78, 5) is 23.8. The van der Waals surface area contributed by atoms with Crippen LogP contribution in [0.3, 0.4) is 0 Å². The number of hydrogen-bond acceptors (Lipinski definition) is 6. The van der Waals surface area contributed by atoms with Crippen LogP contribution in [-0.2, 0) is 17.6 Å². The number of nitrogens with zero attached hydrogens (tertiary/aromatic N) is 3. The van der Waals surface area contributed by atoms with Gasteiger partial charge in [0, 0.05) is 29.6 Å². The third-order valence-electron chi connectivity index (χ3n) is 4.30. The lowest BCUT2D eigenvalue weighted by atomic mass is 10.1. The Morgan fingerprint density at radius 1 is 1.10 bits per heavy atom. The third kappa shape index (κ3) is 4.23. The number of aromatic hydroxyl groups is 1. The number of fused-ring (bicyclic) bond motifs is 1. The van der Waals surface area contributed by atoms with Gasteiger partial charge in [-0.1, -0.05) is 12.1 Å². The lowest BCUT2D eigenvalue weighted by molar-refractivity contribution is -0.117. The van der Waals surface area contributed by atoms with Crippen molar-refractivity contribution in [2.45, 2.75) is 12.8 Å². The van der Waals surface area contributed by atoms with Gasteiger partial charge in [-0.25, -0.2) is 9.83 Å². The quantitative estimate of drug-likeness (QED) is 0.455. The molecule has 6 nitrogen and oxygen atoms in total. The lowest BCUT2D eigenvalue weighted by Crippen LogP contribution is -2.06. The van der Waals surface area contributed by atoms with Crippen LogP contribution in [0.5, 0.6) is 17.2 Å². The number of ketones is 1. The van der Waals surface area contributed by atoms with E-state index in [1.807, 2.05) is 17.5 Å². The topological polar surface area (TPSA) is 76.7 Å². The van der Waals surface area contributed by atoms with E-state index in [2.05, 4.69) is 14.8 Å². The van der Waals surface area contributed by atoms with Crippen LogP contribution in [-0.4, -0.2) is 20.9 Å². The van der Waals surface area contributed by atoms with E-state index in [-0.39, 0.29) is 17.2 Å². The molecule has 0 aliphatic heterocycles. The summed E-state index contributed by atoms with van der Waals surface area (Å²) in [5.41, 5.74) is 1.58. The SMILES string of the molecule is [C-]#[N+]c1cc2c(Oc3ccc(CC(=O)Cc4nccs4)cc3)ccnc2cc1O. The number of aromatic nitrogens is 2. The number of thiazole rings is 1.